The molecule has 204 valence electrons. The highest BCUT2D eigenvalue weighted by Gasteiger charge is 2.22. The van der Waals surface area contributed by atoms with Crippen LogP contribution >= 0.6 is 0 Å². The van der Waals surface area contributed by atoms with Gasteiger partial charge in [-0.2, -0.15) is 4.89 Å². The fourth-order valence-corrected chi connectivity index (χ4v) is 2.37. The zero-order valence-electron chi connectivity index (χ0n) is 21.4. The summed E-state index contributed by atoms with van der Waals surface area (Å²) in [5.41, 5.74) is 0.251. The third-order valence-corrected chi connectivity index (χ3v) is 4.16. The monoisotopic (exact) mass is 506 g/mol. The van der Waals surface area contributed by atoms with E-state index in [4.69, 9.17) is 20.6 Å². The maximum Gasteiger partial charge on any atom is 0.330 e. The van der Waals surface area contributed by atoms with Crippen molar-refractivity contribution in [2.75, 3.05) is 26.3 Å². The minimum absolute atomic E-state index is 0.0270. The van der Waals surface area contributed by atoms with Gasteiger partial charge in [0.25, 0.3) is 0 Å². The number of amides is 2. The molecule has 0 aromatic rings. The molecule has 12 nitrogen and oxygen atoms in total. The van der Waals surface area contributed by atoms with Gasteiger partial charge in [-0.25, -0.2) is 14.8 Å². The highest BCUT2D eigenvalue weighted by atomic mass is 17.5. The highest BCUT2D eigenvalue weighted by molar-refractivity contribution is 5.85. The number of carbonyl (C=O) groups excluding carboxylic acids is 2. The first-order valence-electron chi connectivity index (χ1n) is 10.9. The van der Waals surface area contributed by atoms with Crippen molar-refractivity contribution in [1.82, 2.24) is 10.6 Å². The van der Waals surface area contributed by atoms with Crippen LogP contribution in [0.2, 0.25) is 0 Å². The first kappa shape index (κ1) is 36.8. The maximum atomic E-state index is 11.4. The lowest BCUT2D eigenvalue weighted by molar-refractivity contribution is -0.486. The summed E-state index contributed by atoms with van der Waals surface area (Å²) in [6, 6.07) is 0. The largest absolute Gasteiger partial charge is 0.478 e. The van der Waals surface area contributed by atoms with Crippen molar-refractivity contribution in [3.05, 3.63) is 24.3 Å². The molecule has 0 fully saturated rings. The van der Waals surface area contributed by atoms with Gasteiger partial charge in [0, 0.05) is 37.3 Å². The zero-order chi connectivity index (χ0) is 28.0. The fourth-order valence-electron chi connectivity index (χ4n) is 2.37. The Labute approximate surface area is 206 Å². The fraction of sp³-hybridized carbons (Fsp3) is 0.652. The van der Waals surface area contributed by atoms with Gasteiger partial charge in [0.1, 0.15) is 0 Å². The van der Waals surface area contributed by atoms with Crippen LogP contribution in [-0.2, 0) is 29.1 Å². The average Bonchev–Trinajstić information content (AvgIpc) is 2.75. The molecule has 1 unspecified atom stereocenters. The van der Waals surface area contributed by atoms with Crippen molar-refractivity contribution < 1.29 is 49.7 Å². The number of carboxylic acids is 2. The molecule has 35 heavy (non-hydrogen) atoms. The average molecular weight is 507 g/mol. The summed E-state index contributed by atoms with van der Waals surface area (Å²) in [5, 5.41) is 41.4. The third-order valence-electron chi connectivity index (χ3n) is 4.16. The second-order valence-corrected chi connectivity index (χ2v) is 8.72. The van der Waals surface area contributed by atoms with Crippen LogP contribution in [0, 0.1) is 11.3 Å². The maximum absolute atomic E-state index is 11.4. The van der Waals surface area contributed by atoms with Crippen LogP contribution in [0.1, 0.15) is 60.3 Å². The lowest BCUT2D eigenvalue weighted by Crippen LogP contribution is -2.37. The van der Waals surface area contributed by atoms with E-state index in [2.05, 4.69) is 40.6 Å². The SMILES string of the molecule is C=C(C)C(=O)O.C=C(C)C(=O)O.CC(CCNC(=O)CCCO)CC(C)(C)CNC(=O)COOO. The first-order valence-corrected chi connectivity index (χ1v) is 10.9. The predicted molar refractivity (Wildman–Crippen MR) is 129 cm³/mol. The minimum Gasteiger partial charge on any atom is -0.478 e. The standard InChI is InChI=1S/C15H30N2O6.2C4H6O2/c1-12(6-7-16-13(19)5-4-8-18)9-15(2,3)11-17-14(20)10-22-23-21;2*1-3(2)4(5)6/h12,18,21H,4-11H2,1-3H3,(H,16,19)(H,17,20);2*1H2,2H3,(H,5,6). The molecular weight excluding hydrogens is 464 g/mol. The van der Waals surface area contributed by atoms with Gasteiger partial charge < -0.3 is 26.0 Å². The Morgan fingerprint density at radius 2 is 1.46 bits per heavy atom. The molecule has 0 saturated carbocycles. The highest BCUT2D eigenvalue weighted by Crippen LogP contribution is 2.26. The molecule has 0 bridgehead atoms. The van der Waals surface area contributed by atoms with E-state index in [9.17, 15) is 19.2 Å². The number of nitrogens with one attached hydrogen (secondary N) is 2. The molecule has 0 aliphatic rings. The third kappa shape index (κ3) is 29.2. The Kier molecular flexibility index (Phi) is 22.8. The molecular formula is C23H42N2O10. The number of carbonyl (C=O) groups is 4. The van der Waals surface area contributed by atoms with Crippen LogP contribution in [0.15, 0.2) is 24.3 Å². The Morgan fingerprint density at radius 3 is 1.86 bits per heavy atom. The number of aliphatic hydroxyl groups is 1. The van der Waals surface area contributed by atoms with Gasteiger partial charge in [-0.15, -0.1) is 0 Å². The van der Waals surface area contributed by atoms with Crippen molar-refractivity contribution in [3.63, 3.8) is 0 Å². The van der Waals surface area contributed by atoms with Gasteiger partial charge in [-0.1, -0.05) is 39.0 Å². The Balaban J connectivity index is -0.000000697. The molecule has 0 spiro atoms. The summed E-state index contributed by atoms with van der Waals surface area (Å²) >= 11 is 0. The molecule has 0 aromatic heterocycles. The molecule has 6 N–H and O–H groups in total. The van der Waals surface area contributed by atoms with Crippen LogP contribution in [0.4, 0.5) is 0 Å². The van der Waals surface area contributed by atoms with Crippen molar-refractivity contribution in [3.8, 4) is 0 Å². The first-order chi connectivity index (χ1) is 16.1. The topological polar surface area (TPSA) is 192 Å². The van der Waals surface area contributed by atoms with Crippen LogP contribution < -0.4 is 10.6 Å². The van der Waals surface area contributed by atoms with Crippen LogP contribution in [0.5, 0.6) is 0 Å². The summed E-state index contributed by atoms with van der Waals surface area (Å²) in [7, 11) is 0. The molecule has 0 aliphatic heterocycles. The van der Waals surface area contributed by atoms with Gasteiger partial charge in [-0.05, 0) is 44.4 Å². The van der Waals surface area contributed by atoms with Crippen LogP contribution in [0.25, 0.3) is 0 Å². The van der Waals surface area contributed by atoms with Crippen LogP contribution in [-0.4, -0.2) is 70.6 Å². The number of aliphatic carboxylic acids is 2. The van der Waals surface area contributed by atoms with Gasteiger partial charge in [0.05, 0.1) is 0 Å². The van der Waals surface area contributed by atoms with E-state index in [1.165, 1.54) is 13.8 Å². The smallest absolute Gasteiger partial charge is 0.330 e. The summed E-state index contributed by atoms with van der Waals surface area (Å²) in [5.74, 6) is -1.89. The van der Waals surface area contributed by atoms with E-state index in [-0.39, 0.29) is 41.6 Å². The molecule has 12 heteroatoms. The molecule has 0 aliphatic carbocycles. The van der Waals surface area contributed by atoms with Crippen molar-refractivity contribution in [1.29, 1.82) is 0 Å². The van der Waals surface area contributed by atoms with Gasteiger partial charge in [0.15, 0.2) is 6.61 Å². The summed E-state index contributed by atoms with van der Waals surface area (Å²) < 4.78 is 0. The number of hydrogen-bond donors (Lipinski definition) is 6. The van der Waals surface area contributed by atoms with Gasteiger partial charge in [-0.3, -0.25) is 9.59 Å². The summed E-state index contributed by atoms with van der Waals surface area (Å²) in [4.78, 5) is 46.1. The summed E-state index contributed by atoms with van der Waals surface area (Å²) in [6.07, 6.45) is 2.57. The van der Waals surface area contributed by atoms with Crippen molar-refractivity contribution in [2.45, 2.75) is 60.3 Å². The van der Waals surface area contributed by atoms with E-state index in [1.807, 2.05) is 13.8 Å². The van der Waals surface area contributed by atoms with E-state index in [0.29, 0.717) is 31.8 Å². The molecule has 1 atom stereocenters. The quantitative estimate of drug-likeness (QED) is 0.109. The van der Waals surface area contributed by atoms with Crippen molar-refractivity contribution >= 4 is 23.8 Å². The zero-order valence-corrected chi connectivity index (χ0v) is 21.4. The van der Waals surface area contributed by atoms with Gasteiger partial charge in [0.2, 0.25) is 11.8 Å². The Morgan fingerprint density at radius 1 is 0.971 bits per heavy atom. The van der Waals surface area contributed by atoms with E-state index in [1.54, 1.807) is 0 Å². The van der Waals surface area contributed by atoms with E-state index >= 15 is 0 Å². The molecule has 0 radical (unpaired) electrons. The number of aliphatic hydroxyl groups excluding tert-OH is 1. The van der Waals surface area contributed by atoms with Crippen LogP contribution in [0.3, 0.4) is 0 Å². The molecule has 0 saturated heterocycles. The Bertz CT molecular complexity index is 629. The number of hydrogen-bond acceptors (Lipinski definition) is 8. The minimum atomic E-state index is -0.935. The second kappa shape index (κ2) is 21.7. The Hall–Kier alpha value is -2.80. The molecule has 0 heterocycles. The van der Waals surface area contributed by atoms with E-state index in [0.717, 1.165) is 12.8 Å². The molecule has 0 rings (SSSR count). The second-order valence-electron chi connectivity index (χ2n) is 8.72. The number of carboxylic acid groups (broad SMARTS) is 2. The van der Waals surface area contributed by atoms with Gasteiger partial charge >= 0.3 is 11.9 Å². The van der Waals surface area contributed by atoms with E-state index < -0.39 is 11.9 Å². The predicted octanol–water partition coefficient (Wildman–Crippen LogP) is 2.15. The normalized spacial score (nSPS) is 10.9. The number of rotatable bonds is 15. The van der Waals surface area contributed by atoms with Crippen molar-refractivity contribution in [2.24, 2.45) is 11.3 Å². The lowest BCUT2D eigenvalue weighted by Gasteiger charge is -2.28. The summed E-state index contributed by atoms with van der Waals surface area (Å²) in [6.45, 7) is 16.2. The molecule has 0 aromatic carbocycles. The molecule has 2 amide bonds. The lowest BCUT2D eigenvalue weighted by atomic mass is 9.82.